The van der Waals surface area contributed by atoms with Crippen LogP contribution in [0.15, 0.2) is 48.5 Å². The minimum absolute atomic E-state index is 0.0443. The molecule has 0 aliphatic rings. The van der Waals surface area contributed by atoms with Gasteiger partial charge < -0.3 is 19.9 Å². The maximum absolute atomic E-state index is 11.7. The van der Waals surface area contributed by atoms with Crippen molar-refractivity contribution < 1.29 is 24.2 Å². The van der Waals surface area contributed by atoms with E-state index in [1.165, 1.54) is 24.3 Å². The quantitative estimate of drug-likeness (QED) is 0.827. The number of aromatic hydroxyl groups is 1. The van der Waals surface area contributed by atoms with E-state index in [1.54, 1.807) is 31.4 Å². The van der Waals surface area contributed by atoms with Crippen LogP contribution in [0.4, 0.5) is 5.69 Å². The molecule has 22 heavy (non-hydrogen) atoms. The van der Waals surface area contributed by atoms with Crippen molar-refractivity contribution in [2.24, 2.45) is 0 Å². The number of ether oxygens (including phenoxy) is 2. The highest BCUT2D eigenvalue weighted by molar-refractivity contribution is 5.95. The van der Waals surface area contributed by atoms with Gasteiger partial charge in [0.05, 0.1) is 12.7 Å². The smallest absolute Gasteiger partial charge is 0.338 e. The molecule has 0 aliphatic carbocycles. The lowest BCUT2D eigenvalue weighted by atomic mass is 10.2. The lowest BCUT2D eigenvalue weighted by Crippen LogP contribution is -2.20. The fraction of sp³-hybridized carbons (Fsp3) is 0.125. The molecule has 2 N–H and O–H groups in total. The molecule has 0 heterocycles. The van der Waals surface area contributed by atoms with Crippen LogP contribution in [-0.2, 0) is 9.53 Å². The van der Waals surface area contributed by atoms with Crippen molar-refractivity contribution >= 4 is 17.6 Å². The van der Waals surface area contributed by atoms with Crippen LogP contribution in [0, 0.1) is 0 Å². The molecule has 0 aliphatic heterocycles. The molecule has 2 aromatic rings. The Morgan fingerprint density at radius 2 is 1.86 bits per heavy atom. The average Bonchev–Trinajstić information content (AvgIpc) is 2.53. The van der Waals surface area contributed by atoms with E-state index in [-0.39, 0.29) is 11.3 Å². The molecule has 0 bridgehead atoms. The fourth-order valence-corrected chi connectivity index (χ4v) is 1.72. The highest BCUT2D eigenvalue weighted by Gasteiger charge is 2.10. The van der Waals surface area contributed by atoms with Crippen LogP contribution >= 0.6 is 0 Å². The number of carbonyl (C=O) groups excluding carboxylic acids is 2. The maximum atomic E-state index is 11.7. The van der Waals surface area contributed by atoms with Crippen molar-refractivity contribution in [2.75, 3.05) is 19.0 Å². The molecule has 0 saturated carbocycles. The predicted molar refractivity (Wildman–Crippen MR) is 80.0 cm³/mol. The zero-order valence-corrected chi connectivity index (χ0v) is 11.9. The summed E-state index contributed by atoms with van der Waals surface area (Å²) in [5.41, 5.74) is 0.747. The zero-order chi connectivity index (χ0) is 15.9. The van der Waals surface area contributed by atoms with E-state index in [4.69, 9.17) is 9.47 Å². The number of phenols is 1. The minimum atomic E-state index is -0.680. The van der Waals surface area contributed by atoms with E-state index < -0.39 is 18.5 Å². The van der Waals surface area contributed by atoms with Crippen molar-refractivity contribution in [2.45, 2.75) is 0 Å². The Morgan fingerprint density at radius 1 is 1.14 bits per heavy atom. The Bertz CT molecular complexity index is 666. The Labute approximate surface area is 127 Å². The first-order chi connectivity index (χ1) is 10.6. The number of carbonyl (C=O) groups is 2. The first kappa shape index (κ1) is 15.4. The van der Waals surface area contributed by atoms with E-state index in [0.717, 1.165) is 0 Å². The van der Waals surface area contributed by atoms with E-state index in [1.807, 2.05) is 0 Å². The van der Waals surface area contributed by atoms with Crippen molar-refractivity contribution in [3.63, 3.8) is 0 Å². The SMILES string of the molecule is COc1ccc(NC(=O)COC(=O)c2cccc(O)c2)cc1. The number of phenolic OH excluding ortho intramolecular Hbond substituents is 1. The summed E-state index contributed by atoms with van der Waals surface area (Å²) in [5, 5.41) is 11.9. The van der Waals surface area contributed by atoms with Gasteiger partial charge in [0.2, 0.25) is 0 Å². The van der Waals surface area contributed by atoms with Gasteiger partial charge >= 0.3 is 5.97 Å². The number of benzene rings is 2. The molecule has 0 unspecified atom stereocenters. The molecule has 0 aromatic heterocycles. The van der Waals surface area contributed by atoms with Gasteiger partial charge in [0.15, 0.2) is 6.61 Å². The fourth-order valence-electron chi connectivity index (χ4n) is 1.72. The van der Waals surface area contributed by atoms with Crippen LogP contribution in [0.3, 0.4) is 0 Å². The van der Waals surface area contributed by atoms with Gasteiger partial charge in [0.1, 0.15) is 11.5 Å². The molecular weight excluding hydrogens is 286 g/mol. The van der Waals surface area contributed by atoms with Gasteiger partial charge in [-0.1, -0.05) is 6.07 Å². The van der Waals surface area contributed by atoms with Crippen LogP contribution in [0.5, 0.6) is 11.5 Å². The van der Waals surface area contributed by atoms with E-state index in [2.05, 4.69) is 5.32 Å². The van der Waals surface area contributed by atoms with Gasteiger partial charge in [-0.05, 0) is 42.5 Å². The second-order valence-electron chi connectivity index (χ2n) is 4.40. The first-order valence-corrected chi connectivity index (χ1v) is 6.48. The third kappa shape index (κ3) is 4.24. The monoisotopic (exact) mass is 301 g/mol. The number of amides is 1. The minimum Gasteiger partial charge on any atom is -0.508 e. The summed E-state index contributed by atoms with van der Waals surface area (Å²) < 4.78 is 9.88. The van der Waals surface area contributed by atoms with E-state index >= 15 is 0 Å². The van der Waals surface area contributed by atoms with E-state index in [0.29, 0.717) is 11.4 Å². The third-order valence-electron chi connectivity index (χ3n) is 2.79. The number of rotatable bonds is 5. The van der Waals surface area contributed by atoms with Crippen LogP contribution < -0.4 is 10.1 Å². The molecule has 1 amide bonds. The predicted octanol–water partition coefficient (Wildman–Crippen LogP) is 2.20. The molecule has 0 fully saturated rings. The number of hydrogen-bond acceptors (Lipinski definition) is 5. The number of nitrogens with one attached hydrogen (secondary N) is 1. The highest BCUT2D eigenvalue weighted by Crippen LogP contribution is 2.15. The summed E-state index contributed by atoms with van der Waals surface area (Å²) in [7, 11) is 1.55. The summed E-state index contributed by atoms with van der Waals surface area (Å²) in [6, 6.07) is 12.5. The normalized spacial score (nSPS) is 9.86. The zero-order valence-electron chi connectivity index (χ0n) is 11.9. The first-order valence-electron chi connectivity index (χ1n) is 6.48. The summed E-state index contributed by atoms with van der Waals surface area (Å²) in [4.78, 5) is 23.4. The summed E-state index contributed by atoms with van der Waals surface area (Å²) >= 11 is 0. The van der Waals surface area contributed by atoms with Gasteiger partial charge in [-0.3, -0.25) is 4.79 Å². The molecule has 0 atom stereocenters. The maximum Gasteiger partial charge on any atom is 0.338 e. The molecule has 2 aromatic carbocycles. The number of hydrogen-bond donors (Lipinski definition) is 2. The summed E-state index contributed by atoms with van der Waals surface area (Å²) in [6.45, 7) is -0.416. The molecule has 6 heteroatoms. The molecule has 114 valence electrons. The Kier molecular flexibility index (Phi) is 4.98. The van der Waals surface area contributed by atoms with Gasteiger partial charge in [-0.15, -0.1) is 0 Å². The number of anilines is 1. The van der Waals surface area contributed by atoms with Crippen LogP contribution in [0.25, 0.3) is 0 Å². The topological polar surface area (TPSA) is 84.9 Å². The van der Waals surface area contributed by atoms with E-state index in [9.17, 15) is 14.7 Å². The summed E-state index contributed by atoms with van der Waals surface area (Å²) in [5.74, 6) is -0.509. The van der Waals surface area contributed by atoms with Crippen LogP contribution in [0.1, 0.15) is 10.4 Å². The molecule has 2 rings (SSSR count). The molecule has 0 saturated heterocycles. The van der Waals surface area contributed by atoms with Gasteiger partial charge in [0.25, 0.3) is 5.91 Å². The Morgan fingerprint density at radius 3 is 2.50 bits per heavy atom. The number of methoxy groups -OCH3 is 1. The molecule has 0 spiro atoms. The van der Waals surface area contributed by atoms with Gasteiger partial charge in [-0.2, -0.15) is 0 Å². The lowest BCUT2D eigenvalue weighted by molar-refractivity contribution is -0.119. The summed E-state index contributed by atoms with van der Waals surface area (Å²) in [6.07, 6.45) is 0. The molecule has 0 radical (unpaired) electrons. The van der Waals surface area contributed by atoms with Crippen molar-refractivity contribution in [3.05, 3.63) is 54.1 Å². The standard InChI is InChI=1S/C16H15NO5/c1-21-14-7-5-12(6-8-14)17-15(19)10-22-16(20)11-3-2-4-13(18)9-11/h2-9,18H,10H2,1H3,(H,17,19). The molecule has 6 nitrogen and oxygen atoms in total. The van der Waals surface area contributed by atoms with Crippen LogP contribution in [0.2, 0.25) is 0 Å². The Balaban J connectivity index is 1.85. The second-order valence-corrected chi connectivity index (χ2v) is 4.40. The second kappa shape index (κ2) is 7.12. The highest BCUT2D eigenvalue weighted by atomic mass is 16.5. The lowest BCUT2D eigenvalue weighted by Gasteiger charge is -2.07. The van der Waals surface area contributed by atoms with Gasteiger partial charge in [-0.25, -0.2) is 4.79 Å². The van der Waals surface area contributed by atoms with Crippen LogP contribution in [-0.4, -0.2) is 30.7 Å². The van der Waals surface area contributed by atoms with Crippen molar-refractivity contribution in [1.29, 1.82) is 0 Å². The average molecular weight is 301 g/mol. The Hall–Kier alpha value is -3.02. The van der Waals surface area contributed by atoms with Crippen molar-refractivity contribution in [3.8, 4) is 11.5 Å². The third-order valence-corrected chi connectivity index (χ3v) is 2.79. The largest absolute Gasteiger partial charge is 0.508 e. The van der Waals surface area contributed by atoms with Gasteiger partial charge in [0, 0.05) is 5.69 Å². The molecular formula is C16H15NO5. The van der Waals surface area contributed by atoms with Crippen molar-refractivity contribution in [1.82, 2.24) is 0 Å². The number of esters is 1.